The molecule has 6 heteroatoms. The lowest BCUT2D eigenvalue weighted by molar-refractivity contribution is -0.205. The monoisotopic (exact) mass is 246 g/mol. The molecular weight excluding hydrogens is 237 g/mol. The van der Waals surface area contributed by atoms with Crippen LogP contribution in [0.2, 0.25) is 0 Å². The number of ether oxygens (including phenoxy) is 1. The zero-order valence-corrected chi connectivity index (χ0v) is 8.82. The summed E-state index contributed by atoms with van der Waals surface area (Å²) in [6.45, 7) is 0.816. The first kappa shape index (κ1) is 13.2. The van der Waals surface area contributed by atoms with Crippen molar-refractivity contribution >= 4 is 11.8 Å². The molecule has 0 amide bonds. The van der Waals surface area contributed by atoms with Crippen LogP contribution < -0.4 is 0 Å². The van der Waals surface area contributed by atoms with Crippen molar-refractivity contribution in [1.82, 2.24) is 0 Å². The van der Waals surface area contributed by atoms with E-state index in [1.165, 1.54) is 24.3 Å². The third-order valence-electron chi connectivity index (χ3n) is 1.88. The molecule has 1 unspecified atom stereocenters. The summed E-state index contributed by atoms with van der Waals surface area (Å²) in [5.74, 6) is -2.44. The zero-order valence-electron chi connectivity index (χ0n) is 8.82. The number of hydrogen-bond acceptors (Lipinski definition) is 3. The number of carbonyl (C=O) groups is 2. The average molecular weight is 246 g/mol. The van der Waals surface area contributed by atoms with E-state index >= 15 is 0 Å². The van der Waals surface area contributed by atoms with Crippen molar-refractivity contribution < 1.29 is 27.5 Å². The van der Waals surface area contributed by atoms with Crippen molar-refractivity contribution in [1.29, 1.82) is 0 Å². The Morgan fingerprint density at radius 3 is 2.12 bits per heavy atom. The van der Waals surface area contributed by atoms with Gasteiger partial charge in [-0.05, 0) is 0 Å². The summed E-state index contributed by atoms with van der Waals surface area (Å²) in [5, 5.41) is 0. The smallest absolute Gasteiger partial charge is 0.433 e. The molecule has 0 bridgehead atoms. The summed E-state index contributed by atoms with van der Waals surface area (Å²) >= 11 is 0. The first-order valence-electron chi connectivity index (χ1n) is 4.65. The molecule has 0 heterocycles. The van der Waals surface area contributed by atoms with Crippen LogP contribution in [0.25, 0.3) is 0 Å². The Morgan fingerprint density at radius 1 is 1.18 bits per heavy atom. The molecule has 1 aromatic rings. The van der Waals surface area contributed by atoms with E-state index in [2.05, 4.69) is 4.74 Å². The molecule has 1 atom stereocenters. The number of esters is 1. The topological polar surface area (TPSA) is 43.4 Å². The van der Waals surface area contributed by atoms with E-state index in [1.807, 2.05) is 0 Å². The molecule has 0 saturated heterocycles. The van der Waals surface area contributed by atoms with Crippen LogP contribution >= 0.6 is 0 Å². The normalized spacial score (nSPS) is 12.9. The van der Waals surface area contributed by atoms with Gasteiger partial charge in [0.25, 0.3) is 6.10 Å². The van der Waals surface area contributed by atoms with Crippen molar-refractivity contribution in [2.45, 2.75) is 19.2 Å². The van der Waals surface area contributed by atoms with Gasteiger partial charge in [-0.2, -0.15) is 13.2 Å². The van der Waals surface area contributed by atoms with Crippen molar-refractivity contribution in [3.63, 3.8) is 0 Å². The largest absolute Gasteiger partial charge is 0.444 e. The van der Waals surface area contributed by atoms with Crippen molar-refractivity contribution in [2.75, 3.05) is 0 Å². The van der Waals surface area contributed by atoms with Crippen LogP contribution in [0, 0.1) is 0 Å². The molecular formula is C11H9F3O3. The number of alkyl halides is 3. The minimum Gasteiger partial charge on any atom is -0.444 e. The number of hydrogen-bond donors (Lipinski definition) is 0. The Labute approximate surface area is 95.2 Å². The van der Waals surface area contributed by atoms with E-state index in [0.717, 1.165) is 6.92 Å². The Morgan fingerprint density at radius 2 is 1.71 bits per heavy atom. The molecule has 0 aliphatic rings. The molecule has 0 fully saturated rings. The maximum Gasteiger partial charge on any atom is 0.433 e. The summed E-state index contributed by atoms with van der Waals surface area (Å²) in [5.41, 5.74) is -0.156. The van der Waals surface area contributed by atoms with Gasteiger partial charge in [-0.1, -0.05) is 30.3 Å². The number of Topliss-reactive ketones (excluding diaryl/α,β-unsaturated/α-hetero) is 1. The van der Waals surface area contributed by atoms with E-state index in [-0.39, 0.29) is 5.56 Å². The van der Waals surface area contributed by atoms with Crippen LogP contribution in [0.1, 0.15) is 17.3 Å². The molecule has 17 heavy (non-hydrogen) atoms. The van der Waals surface area contributed by atoms with Gasteiger partial charge >= 0.3 is 12.1 Å². The Balaban J connectivity index is 3.00. The van der Waals surface area contributed by atoms with Gasteiger partial charge < -0.3 is 4.74 Å². The minimum atomic E-state index is -4.92. The first-order chi connectivity index (χ1) is 7.82. The molecule has 0 spiro atoms. The lowest BCUT2D eigenvalue weighted by atomic mass is 10.1. The summed E-state index contributed by atoms with van der Waals surface area (Å²) in [6.07, 6.45) is -7.67. The predicted molar refractivity (Wildman–Crippen MR) is 52.4 cm³/mol. The van der Waals surface area contributed by atoms with Crippen LogP contribution in [0.3, 0.4) is 0 Å². The predicted octanol–water partition coefficient (Wildman–Crippen LogP) is 2.36. The fourth-order valence-electron chi connectivity index (χ4n) is 1.19. The van der Waals surface area contributed by atoms with E-state index in [9.17, 15) is 22.8 Å². The summed E-state index contributed by atoms with van der Waals surface area (Å²) in [7, 11) is 0. The zero-order chi connectivity index (χ0) is 13.1. The second kappa shape index (κ2) is 4.99. The Kier molecular flexibility index (Phi) is 3.88. The lowest BCUT2D eigenvalue weighted by Crippen LogP contribution is -2.40. The standard InChI is InChI=1S/C11H9F3O3/c1-7(15)17-10(11(12,13)14)9(16)8-5-3-2-4-6-8/h2-6,10H,1H3. The Bertz CT molecular complexity index is 412. The van der Waals surface area contributed by atoms with Crippen LogP contribution in [-0.2, 0) is 9.53 Å². The fraction of sp³-hybridized carbons (Fsp3) is 0.273. The first-order valence-corrected chi connectivity index (χ1v) is 4.65. The van der Waals surface area contributed by atoms with Gasteiger partial charge in [0.15, 0.2) is 0 Å². The van der Waals surface area contributed by atoms with Gasteiger partial charge in [0.05, 0.1) is 0 Å². The number of ketones is 1. The lowest BCUT2D eigenvalue weighted by Gasteiger charge is -2.18. The van der Waals surface area contributed by atoms with E-state index in [4.69, 9.17) is 0 Å². The molecule has 1 aromatic carbocycles. The molecule has 0 N–H and O–H groups in total. The molecule has 0 aliphatic heterocycles. The van der Waals surface area contributed by atoms with Gasteiger partial charge in [0.1, 0.15) is 0 Å². The van der Waals surface area contributed by atoms with Crippen LogP contribution in [-0.4, -0.2) is 24.0 Å². The van der Waals surface area contributed by atoms with E-state index in [1.54, 1.807) is 6.07 Å². The molecule has 0 radical (unpaired) electrons. The number of carbonyl (C=O) groups excluding carboxylic acids is 2. The maximum absolute atomic E-state index is 12.5. The molecule has 0 saturated carbocycles. The van der Waals surface area contributed by atoms with Gasteiger partial charge in [-0.3, -0.25) is 9.59 Å². The third-order valence-corrected chi connectivity index (χ3v) is 1.88. The highest BCUT2D eigenvalue weighted by Crippen LogP contribution is 2.26. The van der Waals surface area contributed by atoms with Gasteiger partial charge in [-0.15, -0.1) is 0 Å². The van der Waals surface area contributed by atoms with E-state index in [0.29, 0.717) is 0 Å². The van der Waals surface area contributed by atoms with Crippen LogP contribution in [0.5, 0.6) is 0 Å². The average Bonchev–Trinajstić information content (AvgIpc) is 2.24. The number of benzene rings is 1. The highest BCUT2D eigenvalue weighted by atomic mass is 19.4. The SMILES string of the molecule is CC(=O)OC(C(=O)c1ccccc1)C(F)(F)F. The number of rotatable bonds is 3. The van der Waals surface area contributed by atoms with Gasteiger partial charge in [-0.25, -0.2) is 0 Å². The third kappa shape index (κ3) is 3.58. The van der Waals surface area contributed by atoms with Crippen molar-refractivity contribution in [3.05, 3.63) is 35.9 Å². The van der Waals surface area contributed by atoms with Gasteiger partial charge in [0, 0.05) is 12.5 Å². The molecule has 3 nitrogen and oxygen atoms in total. The highest BCUT2D eigenvalue weighted by Gasteiger charge is 2.47. The van der Waals surface area contributed by atoms with Crippen LogP contribution in [0.4, 0.5) is 13.2 Å². The quantitative estimate of drug-likeness (QED) is 0.607. The highest BCUT2D eigenvalue weighted by molar-refractivity contribution is 6.00. The fourth-order valence-corrected chi connectivity index (χ4v) is 1.19. The summed E-state index contributed by atoms with van der Waals surface area (Å²) < 4.78 is 41.6. The second-order valence-corrected chi connectivity index (χ2v) is 3.26. The van der Waals surface area contributed by atoms with Gasteiger partial charge in [0.2, 0.25) is 5.78 Å². The minimum absolute atomic E-state index is 0.156. The molecule has 0 aliphatic carbocycles. The van der Waals surface area contributed by atoms with Crippen molar-refractivity contribution in [2.24, 2.45) is 0 Å². The van der Waals surface area contributed by atoms with Crippen molar-refractivity contribution in [3.8, 4) is 0 Å². The Hall–Kier alpha value is -1.85. The molecule has 0 aromatic heterocycles. The molecule has 1 rings (SSSR count). The molecule has 92 valence electrons. The van der Waals surface area contributed by atoms with Crippen LogP contribution in [0.15, 0.2) is 30.3 Å². The summed E-state index contributed by atoms with van der Waals surface area (Å²) in [6, 6.07) is 6.86. The van der Waals surface area contributed by atoms with E-state index < -0.39 is 24.0 Å². The second-order valence-electron chi connectivity index (χ2n) is 3.26. The number of halogens is 3. The maximum atomic E-state index is 12.5. The summed E-state index contributed by atoms with van der Waals surface area (Å²) in [4.78, 5) is 22.1.